The highest BCUT2D eigenvalue weighted by Crippen LogP contribution is 2.42. The molecular formula is C37H38F2N4O7S. The third-order valence-electron chi connectivity index (χ3n) is 9.70. The highest BCUT2D eigenvalue weighted by Gasteiger charge is 2.46. The maximum absolute atomic E-state index is 14.0. The molecule has 268 valence electrons. The molecule has 14 heteroatoms. The number of benzene rings is 3. The zero-order valence-corrected chi connectivity index (χ0v) is 29.5. The van der Waals surface area contributed by atoms with Gasteiger partial charge in [0.25, 0.3) is 11.5 Å². The van der Waals surface area contributed by atoms with Gasteiger partial charge in [-0.25, -0.2) is 22.0 Å². The summed E-state index contributed by atoms with van der Waals surface area (Å²) in [5.74, 6) is -0.766. The van der Waals surface area contributed by atoms with Crippen molar-refractivity contribution in [2.45, 2.75) is 39.2 Å². The molecule has 1 unspecified atom stereocenters. The number of alkyl halides is 1. The van der Waals surface area contributed by atoms with Gasteiger partial charge in [-0.05, 0) is 75.6 Å². The van der Waals surface area contributed by atoms with Crippen LogP contribution in [0.1, 0.15) is 44.0 Å². The summed E-state index contributed by atoms with van der Waals surface area (Å²) in [6.45, 7) is 6.03. The molecule has 4 heterocycles. The number of H-pyrrole nitrogens is 1. The van der Waals surface area contributed by atoms with Crippen LogP contribution < -0.4 is 9.86 Å². The van der Waals surface area contributed by atoms with Crippen molar-refractivity contribution >= 4 is 60.6 Å². The molecule has 0 radical (unpaired) electrons. The summed E-state index contributed by atoms with van der Waals surface area (Å²) in [5, 5.41) is 0.986. The topological polar surface area (TPSA) is 133 Å². The van der Waals surface area contributed by atoms with Crippen molar-refractivity contribution in [1.82, 2.24) is 14.8 Å². The Morgan fingerprint density at radius 2 is 1.75 bits per heavy atom. The molecule has 1 atom stereocenters. The molecule has 0 saturated carbocycles. The predicted molar refractivity (Wildman–Crippen MR) is 191 cm³/mol. The minimum Gasteiger partial charge on any atom is -0.455 e. The average Bonchev–Trinajstić information content (AvgIpc) is 3.78. The Labute approximate surface area is 292 Å². The molecule has 11 nitrogen and oxygen atoms in total. The lowest BCUT2D eigenvalue weighted by molar-refractivity contribution is 0.0274. The zero-order chi connectivity index (χ0) is 36.5. The lowest BCUT2D eigenvalue weighted by Gasteiger charge is -2.27. The second-order valence-electron chi connectivity index (χ2n) is 14.5. The van der Waals surface area contributed by atoms with E-state index in [1.165, 1.54) is 24.3 Å². The summed E-state index contributed by atoms with van der Waals surface area (Å²) < 4.78 is 66.5. The van der Waals surface area contributed by atoms with Crippen LogP contribution in [-0.2, 0) is 14.8 Å². The number of ether oxygens (including phenoxy) is 1. The first kappa shape index (κ1) is 34.5. The molecular weight excluding hydrogens is 682 g/mol. The van der Waals surface area contributed by atoms with E-state index in [9.17, 15) is 31.6 Å². The van der Waals surface area contributed by atoms with Gasteiger partial charge in [0.2, 0.25) is 10.0 Å². The van der Waals surface area contributed by atoms with Crippen LogP contribution in [0.25, 0.3) is 44.0 Å². The zero-order valence-electron chi connectivity index (χ0n) is 28.7. The number of likely N-dealkylation sites (tertiary alicyclic amines) is 2. The Morgan fingerprint density at radius 1 is 1.02 bits per heavy atom. The standard InChI is InChI=1S/C37H38F2N4O7S/c1-36(2,3)50-35(46)42-14-11-37(21-42)10-13-41(20-37)34(45)23-7-5-6-22(16-23)26-18-27-30(19-29(26)43(15-12-38)51(4,47)48)49-32-25-9-8-24(39)17-28(25)40-33(44)31(27)32/h5-9,16-19H,10-15,20-21H2,1-4H3,(H,40,44). The fourth-order valence-electron chi connectivity index (χ4n) is 7.39. The number of carbonyl (C=O) groups excluding carboxylic acids is 2. The number of furan rings is 1. The summed E-state index contributed by atoms with van der Waals surface area (Å²) >= 11 is 0. The average molecular weight is 721 g/mol. The van der Waals surface area contributed by atoms with Gasteiger partial charge in [0, 0.05) is 59.6 Å². The van der Waals surface area contributed by atoms with Crippen LogP contribution in [-0.4, -0.2) is 86.5 Å². The minimum atomic E-state index is -4.00. The van der Waals surface area contributed by atoms with Crippen LogP contribution >= 0.6 is 0 Å². The number of amides is 2. The molecule has 1 N–H and O–H groups in total. The first-order valence-corrected chi connectivity index (χ1v) is 18.5. The number of pyridine rings is 1. The van der Waals surface area contributed by atoms with E-state index in [4.69, 9.17) is 9.15 Å². The lowest BCUT2D eigenvalue weighted by Crippen LogP contribution is -2.38. The number of nitrogens with zero attached hydrogens (tertiary/aromatic N) is 3. The van der Waals surface area contributed by atoms with E-state index >= 15 is 0 Å². The van der Waals surface area contributed by atoms with Crippen LogP contribution in [0.3, 0.4) is 0 Å². The minimum absolute atomic E-state index is 0.103. The van der Waals surface area contributed by atoms with E-state index in [1.54, 1.807) is 40.1 Å². The second-order valence-corrected chi connectivity index (χ2v) is 16.5. The molecule has 2 aliphatic heterocycles. The molecule has 0 bridgehead atoms. The number of rotatable bonds is 6. The Kier molecular flexibility index (Phi) is 8.35. The second kappa shape index (κ2) is 12.4. The van der Waals surface area contributed by atoms with Crippen molar-refractivity contribution in [2.24, 2.45) is 5.41 Å². The fourth-order valence-corrected chi connectivity index (χ4v) is 8.30. The quantitative estimate of drug-likeness (QED) is 0.214. The van der Waals surface area contributed by atoms with Crippen LogP contribution in [0.2, 0.25) is 0 Å². The molecule has 7 rings (SSSR count). The number of hydrogen-bond donors (Lipinski definition) is 1. The van der Waals surface area contributed by atoms with Crippen LogP contribution in [0.15, 0.2) is 63.8 Å². The van der Waals surface area contributed by atoms with E-state index in [1.807, 2.05) is 20.8 Å². The van der Waals surface area contributed by atoms with E-state index < -0.39 is 40.2 Å². The Morgan fingerprint density at radius 3 is 2.45 bits per heavy atom. The smallest absolute Gasteiger partial charge is 0.410 e. The van der Waals surface area contributed by atoms with Gasteiger partial charge in [0.1, 0.15) is 29.3 Å². The predicted octanol–water partition coefficient (Wildman–Crippen LogP) is 6.44. The number of anilines is 1. The molecule has 2 amide bonds. The van der Waals surface area contributed by atoms with Gasteiger partial charge in [-0.15, -0.1) is 0 Å². The Bertz CT molecular complexity index is 2400. The number of aromatic nitrogens is 1. The van der Waals surface area contributed by atoms with Crippen LogP contribution in [0, 0.1) is 11.2 Å². The van der Waals surface area contributed by atoms with Crippen molar-refractivity contribution in [3.05, 3.63) is 76.3 Å². The third-order valence-corrected chi connectivity index (χ3v) is 10.9. The Balaban J connectivity index is 1.28. The van der Waals surface area contributed by atoms with E-state index in [0.717, 1.165) is 23.4 Å². The summed E-state index contributed by atoms with van der Waals surface area (Å²) in [6.07, 6.45) is 2.08. The summed E-state index contributed by atoms with van der Waals surface area (Å²) in [4.78, 5) is 46.2. The van der Waals surface area contributed by atoms with Crippen molar-refractivity contribution in [3.8, 4) is 11.1 Å². The van der Waals surface area contributed by atoms with Gasteiger partial charge in [-0.3, -0.25) is 13.9 Å². The van der Waals surface area contributed by atoms with Crippen LogP contribution in [0.5, 0.6) is 0 Å². The molecule has 2 fully saturated rings. The number of hydrogen-bond acceptors (Lipinski definition) is 7. The van der Waals surface area contributed by atoms with Crippen molar-refractivity contribution in [2.75, 3.05) is 50.0 Å². The maximum Gasteiger partial charge on any atom is 0.410 e. The SMILES string of the molecule is CC(C)(C)OC(=O)N1CCC2(CCN(C(=O)c3cccc(-c4cc5c(cc4N(CCF)S(C)(=O)=O)oc4c6ccc(F)cc6[nH]c(=O)c54)c3)C2)C1. The molecule has 51 heavy (non-hydrogen) atoms. The summed E-state index contributed by atoms with van der Waals surface area (Å²) in [7, 11) is -4.00. The van der Waals surface area contributed by atoms with E-state index in [2.05, 4.69) is 4.98 Å². The Hall–Kier alpha value is -4.98. The number of carbonyl (C=O) groups is 2. The number of sulfonamides is 1. The highest BCUT2D eigenvalue weighted by atomic mass is 32.2. The molecule has 3 aromatic carbocycles. The van der Waals surface area contributed by atoms with Gasteiger partial charge in [0.05, 0.1) is 29.4 Å². The first-order chi connectivity index (χ1) is 24.1. The molecule has 0 aliphatic carbocycles. The summed E-state index contributed by atoms with van der Waals surface area (Å²) in [5.41, 5.74) is 0.459. The molecule has 1 spiro atoms. The molecule has 2 aromatic heterocycles. The van der Waals surface area contributed by atoms with Crippen molar-refractivity contribution in [1.29, 1.82) is 0 Å². The van der Waals surface area contributed by atoms with Gasteiger partial charge >= 0.3 is 6.09 Å². The fraction of sp³-hybridized carbons (Fsp3) is 0.378. The van der Waals surface area contributed by atoms with Gasteiger partial charge in [-0.1, -0.05) is 12.1 Å². The van der Waals surface area contributed by atoms with E-state index in [-0.39, 0.29) is 45.2 Å². The number of fused-ring (bicyclic) bond motifs is 5. The normalized spacial score (nSPS) is 18.1. The van der Waals surface area contributed by atoms with Gasteiger partial charge in [0.15, 0.2) is 0 Å². The van der Waals surface area contributed by atoms with Gasteiger partial charge < -0.3 is 23.9 Å². The maximum atomic E-state index is 14.0. The van der Waals surface area contributed by atoms with Gasteiger partial charge in [-0.2, -0.15) is 0 Å². The summed E-state index contributed by atoms with van der Waals surface area (Å²) in [6, 6.07) is 13.7. The monoisotopic (exact) mass is 720 g/mol. The first-order valence-electron chi connectivity index (χ1n) is 16.7. The van der Waals surface area contributed by atoms with Crippen molar-refractivity contribution < 1.29 is 35.9 Å². The highest BCUT2D eigenvalue weighted by molar-refractivity contribution is 7.92. The van der Waals surface area contributed by atoms with Crippen molar-refractivity contribution in [3.63, 3.8) is 0 Å². The number of aromatic amines is 1. The van der Waals surface area contributed by atoms with Crippen LogP contribution in [0.4, 0.5) is 19.3 Å². The third kappa shape index (κ3) is 6.41. The lowest BCUT2D eigenvalue weighted by atomic mass is 9.86. The molecule has 2 aliphatic rings. The molecule has 5 aromatic rings. The largest absolute Gasteiger partial charge is 0.455 e. The number of halogens is 2. The number of nitrogens with one attached hydrogen (secondary N) is 1. The van der Waals surface area contributed by atoms with E-state index in [0.29, 0.717) is 53.6 Å². The molecule has 2 saturated heterocycles.